The first kappa shape index (κ1) is 21.2. The van der Waals surface area contributed by atoms with Crippen LogP contribution in [0.1, 0.15) is 18.0 Å². The number of nitrogens with zero attached hydrogens (tertiary/aromatic N) is 4. The van der Waals surface area contributed by atoms with E-state index < -0.39 is 0 Å². The summed E-state index contributed by atoms with van der Waals surface area (Å²) in [6, 6.07) is 21.7. The first-order valence-corrected chi connectivity index (χ1v) is 11.3. The first-order chi connectivity index (χ1) is 16.2. The maximum absolute atomic E-state index is 12.7. The van der Waals surface area contributed by atoms with E-state index in [1.54, 1.807) is 0 Å². The zero-order valence-corrected chi connectivity index (χ0v) is 18.5. The van der Waals surface area contributed by atoms with Crippen molar-refractivity contribution in [1.29, 1.82) is 0 Å². The number of piperazine rings is 1. The van der Waals surface area contributed by atoms with Gasteiger partial charge >= 0.3 is 0 Å². The number of hydrogen-bond donors (Lipinski definition) is 1. The van der Waals surface area contributed by atoms with E-state index in [0.717, 1.165) is 46.9 Å². The number of nitrogen functional groups attached to an aromatic ring is 1. The number of para-hydroxylation sites is 1. The average molecular weight is 442 g/mol. The van der Waals surface area contributed by atoms with Gasteiger partial charge in [0.2, 0.25) is 5.91 Å². The summed E-state index contributed by atoms with van der Waals surface area (Å²) in [4.78, 5) is 26.1. The van der Waals surface area contributed by atoms with Crippen LogP contribution in [0.4, 0.5) is 5.82 Å². The average Bonchev–Trinajstić information content (AvgIpc) is 3.33. The molecular weight excluding hydrogens is 414 g/mol. The molecule has 7 heteroatoms. The minimum absolute atomic E-state index is 0.165. The number of aryl methyl sites for hydroxylation is 1. The van der Waals surface area contributed by atoms with E-state index in [9.17, 15) is 4.79 Å². The fraction of sp³-hybridized carbons (Fsp3) is 0.269. The topological polar surface area (TPSA) is 88.5 Å². The van der Waals surface area contributed by atoms with Crippen molar-refractivity contribution in [3.63, 3.8) is 0 Å². The molecule has 0 atom stereocenters. The smallest absolute Gasteiger partial charge is 0.223 e. The van der Waals surface area contributed by atoms with Crippen molar-refractivity contribution in [2.24, 2.45) is 0 Å². The number of carbonyl (C=O) groups is 1. The third kappa shape index (κ3) is 4.88. The second kappa shape index (κ2) is 9.42. The van der Waals surface area contributed by atoms with Gasteiger partial charge in [0.1, 0.15) is 23.2 Å². The lowest BCUT2D eigenvalue weighted by Gasteiger charge is -2.34. The van der Waals surface area contributed by atoms with E-state index in [1.165, 1.54) is 0 Å². The Balaban J connectivity index is 1.12. The minimum Gasteiger partial charge on any atom is -0.461 e. The summed E-state index contributed by atoms with van der Waals surface area (Å²) in [6.45, 7) is 3.62. The summed E-state index contributed by atoms with van der Waals surface area (Å²) in [5, 5.41) is 0.879. The van der Waals surface area contributed by atoms with Crippen LogP contribution in [0, 0.1) is 0 Å². The van der Waals surface area contributed by atoms with Crippen molar-refractivity contribution < 1.29 is 9.21 Å². The SMILES string of the molecule is Nc1nc(CN2CCN(C(=O)CCc3ccc(-c4ccccc4)o3)CC2)nc2ccccc12. The highest BCUT2D eigenvalue weighted by atomic mass is 16.3. The molecule has 1 amide bonds. The number of amides is 1. The van der Waals surface area contributed by atoms with Crippen molar-refractivity contribution in [2.75, 3.05) is 31.9 Å². The molecule has 0 aliphatic carbocycles. The molecule has 168 valence electrons. The molecule has 5 rings (SSSR count). The number of fused-ring (bicyclic) bond motifs is 1. The number of carbonyl (C=O) groups excluding carboxylic acids is 1. The molecule has 3 heterocycles. The van der Waals surface area contributed by atoms with Crippen LogP contribution in [-0.2, 0) is 17.8 Å². The highest BCUT2D eigenvalue weighted by Gasteiger charge is 2.22. The van der Waals surface area contributed by atoms with Gasteiger partial charge in [-0.05, 0) is 24.3 Å². The number of aromatic nitrogens is 2. The lowest BCUT2D eigenvalue weighted by molar-refractivity contribution is -0.133. The quantitative estimate of drug-likeness (QED) is 0.490. The second-order valence-electron chi connectivity index (χ2n) is 8.33. The Morgan fingerprint density at radius 3 is 2.48 bits per heavy atom. The van der Waals surface area contributed by atoms with E-state index in [-0.39, 0.29) is 5.91 Å². The van der Waals surface area contributed by atoms with Crippen LogP contribution in [0.3, 0.4) is 0 Å². The van der Waals surface area contributed by atoms with Crippen LogP contribution in [0.2, 0.25) is 0 Å². The van der Waals surface area contributed by atoms with Crippen LogP contribution < -0.4 is 5.73 Å². The summed E-state index contributed by atoms with van der Waals surface area (Å²) >= 11 is 0. The van der Waals surface area contributed by atoms with Gasteiger partial charge in [-0.2, -0.15) is 0 Å². The van der Waals surface area contributed by atoms with Crippen molar-refractivity contribution in [1.82, 2.24) is 19.8 Å². The van der Waals surface area contributed by atoms with E-state index >= 15 is 0 Å². The molecule has 33 heavy (non-hydrogen) atoms. The first-order valence-electron chi connectivity index (χ1n) is 11.3. The highest BCUT2D eigenvalue weighted by molar-refractivity contribution is 5.87. The Bertz CT molecular complexity index is 1250. The maximum atomic E-state index is 12.7. The van der Waals surface area contributed by atoms with Crippen LogP contribution in [0.15, 0.2) is 71.1 Å². The standard InChI is InChI=1S/C26H27N5O2/c27-26-21-8-4-5-9-22(21)28-24(29-26)18-30-14-16-31(17-15-30)25(32)13-11-20-10-12-23(33-20)19-6-2-1-3-7-19/h1-10,12H,11,13-18H2,(H2,27,28,29). The number of nitrogens with two attached hydrogens (primary N) is 1. The van der Waals surface area contributed by atoms with Crippen LogP contribution in [0.5, 0.6) is 0 Å². The van der Waals surface area contributed by atoms with Gasteiger partial charge in [-0.15, -0.1) is 0 Å². The van der Waals surface area contributed by atoms with E-state index in [4.69, 9.17) is 10.2 Å². The molecule has 2 aromatic heterocycles. The summed E-state index contributed by atoms with van der Waals surface area (Å²) in [6.07, 6.45) is 1.06. The largest absolute Gasteiger partial charge is 0.461 e. The predicted octanol–water partition coefficient (Wildman–Crippen LogP) is 3.75. The molecule has 0 spiro atoms. The Kier molecular flexibility index (Phi) is 6.04. The molecular formula is C26H27N5O2. The summed E-state index contributed by atoms with van der Waals surface area (Å²) in [5.41, 5.74) is 8.02. The lowest BCUT2D eigenvalue weighted by atomic mass is 10.2. The number of benzene rings is 2. The normalized spacial score (nSPS) is 14.6. The summed E-state index contributed by atoms with van der Waals surface area (Å²) in [5.74, 6) is 3.07. The van der Waals surface area contributed by atoms with Crippen molar-refractivity contribution in [2.45, 2.75) is 19.4 Å². The van der Waals surface area contributed by atoms with Crippen molar-refractivity contribution in [3.8, 4) is 11.3 Å². The second-order valence-corrected chi connectivity index (χ2v) is 8.33. The maximum Gasteiger partial charge on any atom is 0.223 e. The Morgan fingerprint density at radius 2 is 1.67 bits per heavy atom. The molecule has 1 fully saturated rings. The zero-order valence-electron chi connectivity index (χ0n) is 18.5. The molecule has 0 bridgehead atoms. The minimum atomic E-state index is 0.165. The molecule has 1 aliphatic rings. The number of anilines is 1. The van der Waals surface area contributed by atoms with Crippen LogP contribution in [0.25, 0.3) is 22.2 Å². The monoisotopic (exact) mass is 441 g/mol. The molecule has 1 aliphatic heterocycles. The van der Waals surface area contributed by atoms with Gasteiger partial charge in [0.25, 0.3) is 0 Å². The molecule has 7 nitrogen and oxygen atoms in total. The Hall–Kier alpha value is -3.71. The van der Waals surface area contributed by atoms with Gasteiger partial charge < -0.3 is 15.1 Å². The van der Waals surface area contributed by atoms with Crippen LogP contribution >= 0.6 is 0 Å². The highest BCUT2D eigenvalue weighted by Crippen LogP contribution is 2.23. The number of furan rings is 1. The van der Waals surface area contributed by atoms with Gasteiger partial charge in [-0.1, -0.05) is 42.5 Å². The van der Waals surface area contributed by atoms with Gasteiger partial charge in [-0.3, -0.25) is 9.69 Å². The van der Waals surface area contributed by atoms with Crippen LogP contribution in [-0.4, -0.2) is 51.9 Å². The molecule has 2 aromatic carbocycles. The van der Waals surface area contributed by atoms with Gasteiger partial charge in [0, 0.05) is 50.0 Å². The zero-order chi connectivity index (χ0) is 22.6. The predicted molar refractivity (Wildman–Crippen MR) is 128 cm³/mol. The third-order valence-electron chi connectivity index (χ3n) is 6.07. The van der Waals surface area contributed by atoms with Gasteiger partial charge in [0.15, 0.2) is 0 Å². The summed E-state index contributed by atoms with van der Waals surface area (Å²) < 4.78 is 5.93. The summed E-state index contributed by atoms with van der Waals surface area (Å²) in [7, 11) is 0. The lowest BCUT2D eigenvalue weighted by Crippen LogP contribution is -2.48. The van der Waals surface area contributed by atoms with E-state index in [0.29, 0.717) is 38.3 Å². The third-order valence-corrected chi connectivity index (χ3v) is 6.07. The molecule has 1 saturated heterocycles. The van der Waals surface area contributed by atoms with E-state index in [2.05, 4.69) is 14.9 Å². The van der Waals surface area contributed by atoms with Crippen molar-refractivity contribution in [3.05, 3.63) is 78.3 Å². The fourth-order valence-corrected chi connectivity index (χ4v) is 4.24. The Labute approximate surface area is 192 Å². The number of rotatable bonds is 6. The van der Waals surface area contributed by atoms with Crippen molar-refractivity contribution >= 4 is 22.6 Å². The molecule has 0 unspecified atom stereocenters. The molecule has 0 radical (unpaired) electrons. The molecule has 4 aromatic rings. The van der Waals surface area contributed by atoms with Gasteiger partial charge in [0.05, 0.1) is 12.1 Å². The van der Waals surface area contributed by atoms with E-state index in [1.807, 2.05) is 71.6 Å². The Morgan fingerprint density at radius 1 is 0.909 bits per heavy atom. The molecule has 0 saturated carbocycles. The van der Waals surface area contributed by atoms with Gasteiger partial charge in [-0.25, -0.2) is 9.97 Å². The molecule has 2 N–H and O–H groups in total. The number of hydrogen-bond acceptors (Lipinski definition) is 6. The fourth-order valence-electron chi connectivity index (χ4n) is 4.24.